The van der Waals surface area contributed by atoms with Crippen molar-refractivity contribution in [3.63, 3.8) is 0 Å². The standard InChI is InChI=1S/C12H16N4OS/c1-8(13-2)9-4-6-10(7-5-9)18-12-15-14-11(17)16(12)3/h4-8,13H,1-3H3,(H,14,17). The van der Waals surface area contributed by atoms with E-state index in [4.69, 9.17) is 0 Å². The number of hydrogen-bond donors (Lipinski definition) is 2. The van der Waals surface area contributed by atoms with E-state index in [2.05, 4.69) is 34.6 Å². The highest BCUT2D eigenvalue weighted by molar-refractivity contribution is 7.99. The second-order valence-electron chi connectivity index (χ2n) is 4.05. The molecule has 6 heteroatoms. The largest absolute Gasteiger partial charge is 0.343 e. The zero-order chi connectivity index (χ0) is 13.1. The number of aromatic amines is 1. The van der Waals surface area contributed by atoms with Crippen molar-refractivity contribution in [1.82, 2.24) is 20.1 Å². The second-order valence-corrected chi connectivity index (χ2v) is 5.09. The van der Waals surface area contributed by atoms with E-state index < -0.39 is 0 Å². The first-order valence-electron chi connectivity index (χ1n) is 5.68. The monoisotopic (exact) mass is 264 g/mol. The predicted octanol–water partition coefficient (Wildman–Crippen LogP) is 1.54. The highest BCUT2D eigenvalue weighted by Crippen LogP contribution is 2.25. The van der Waals surface area contributed by atoms with E-state index >= 15 is 0 Å². The fourth-order valence-electron chi connectivity index (χ4n) is 1.52. The van der Waals surface area contributed by atoms with Crippen LogP contribution >= 0.6 is 11.8 Å². The molecule has 96 valence electrons. The summed E-state index contributed by atoms with van der Waals surface area (Å²) in [5.41, 5.74) is 1.04. The molecule has 0 spiro atoms. The average molecular weight is 264 g/mol. The lowest BCUT2D eigenvalue weighted by Gasteiger charge is -2.10. The molecule has 0 saturated heterocycles. The van der Waals surface area contributed by atoms with Crippen LogP contribution < -0.4 is 11.0 Å². The molecule has 0 aliphatic carbocycles. The highest BCUT2D eigenvalue weighted by atomic mass is 32.2. The summed E-state index contributed by atoms with van der Waals surface area (Å²) in [5.74, 6) is 0. The van der Waals surface area contributed by atoms with E-state index in [1.165, 1.54) is 21.9 Å². The lowest BCUT2D eigenvalue weighted by Crippen LogP contribution is -2.12. The minimum atomic E-state index is -0.196. The summed E-state index contributed by atoms with van der Waals surface area (Å²) in [6, 6.07) is 8.56. The van der Waals surface area contributed by atoms with Crippen LogP contribution in [0.3, 0.4) is 0 Å². The molecule has 2 N–H and O–H groups in total. The third kappa shape index (κ3) is 2.65. The van der Waals surface area contributed by atoms with Gasteiger partial charge in [0.15, 0.2) is 5.16 Å². The van der Waals surface area contributed by atoms with Crippen LogP contribution in [0.5, 0.6) is 0 Å². The van der Waals surface area contributed by atoms with E-state index in [0.717, 1.165) is 4.90 Å². The molecule has 1 unspecified atom stereocenters. The van der Waals surface area contributed by atoms with Crippen LogP contribution in [-0.4, -0.2) is 21.8 Å². The predicted molar refractivity (Wildman–Crippen MR) is 71.9 cm³/mol. The van der Waals surface area contributed by atoms with Crippen LogP contribution in [0.2, 0.25) is 0 Å². The molecule has 1 aromatic carbocycles. The van der Waals surface area contributed by atoms with E-state index in [-0.39, 0.29) is 5.69 Å². The third-order valence-corrected chi connectivity index (χ3v) is 3.92. The molecule has 0 fully saturated rings. The van der Waals surface area contributed by atoms with Gasteiger partial charge in [0.1, 0.15) is 0 Å². The van der Waals surface area contributed by atoms with Crippen molar-refractivity contribution in [2.45, 2.75) is 23.0 Å². The van der Waals surface area contributed by atoms with Gasteiger partial charge in [-0.25, -0.2) is 9.89 Å². The van der Waals surface area contributed by atoms with Gasteiger partial charge in [-0.3, -0.25) is 4.57 Å². The van der Waals surface area contributed by atoms with Crippen LogP contribution in [0.15, 0.2) is 39.1 Å². The van der Waals surface area contributed by atoms with Crippen molar-refractivity contribution >= 4 is 11.8 Å². The lowest BCUT2D eigenvalue weighted by molar-refractivity contribution is 0.652. The Morgan fingerprint density at radius 3 is 2.56 bits per heavy atom. The van der Waals surface area contributed by atoms with Crippen molar-refractivity contribution in [2.75, 3.05) is 7.05 Å². The molecule has 1 atom stereocenters. The normalized spacial score (nSPS) is 12.6. The molecular weight excluding hydrogens is 248 g/mol. The molecule has 0 bridgehead atoms. The molecule has 0 amide bonds. The first-order chi connectivity index (χ1) is 8.61. The van der Waals surface area contributed by atoms with Gasteiger partial charge in [-0.1, -0.05) is 12.1 Å². The van der Waals surface area contributed by atoms with Gasteiger partial charge in [0.25, 0.3) is 0 Å². The minimum absolute atomic E-state index is 0.196. The summed E-state index contributed by atoms with van der Waals surface area (Å²) < 4.78 is 1.49. The summed E-state index contributed by atoms with van der Waals surface area (Å²) in [6.07, 6.45) is 0. The fourth-order valence-corrected chi connectivity index (χ4v) is 2.31. The van der Waals surface area contributed by atoms with E-state index in [1.807, 2.05) is 19.2 Å². The number of benzene rings is 1. The summed E-state index contributed by atoms with van der Waals surface area (Å²) in [7, 11) is 3.64. The molecule has 18 heavy (non-hydrogen) atoms. The molecule has 1 aromatic heterocycles. The first-order valence-corrected chi connectivity index (χ1v) is 6.50. The van der Waals surface area contributed by atoms with Crippen molar-refractivity contribution in [3.05, 3.63) is 40.3 Å². The van der Waals surface area contributed by atoms with Crippen molar-refractivity contribution in [2.24, 2.45) is 7.05 Å². The molecule has 1 heterocycles. The number of nitrogens with one attached hydrogen (secondary N) is 2. The summed E-state index contributed by atoms with van der Waals surface area (Å²) in [6.45, 7) is 2.11. The van der Waals surface area contributed by atoms with Gasteiger partial charge in [-0.15, -0.1) is 5.10 Å². The van der Waals surface area contributed by atoms with Gasteiger partial charge < -0.3 is 5.32 Å². The first kappa shape index (κ1) is 12.9. The van der Waals surface area contributed by atoms with Gasteiger partial charge in [0.2, 0.25) is 0 Å². The van der Waals surface area contributed by atoms with Crippen LogP contribution in [0.1, 0.15) is 18.5 Å². The van der Waals surface area contributed by atoms with Gasteiger partial charge >= 0.3 is 5.69 Å². The third-order valence-electron chi connectivity index (χ3n) is 2.86. The van der Waals surface area contributed by atoms with Crippen molar-refractivity contribution in [1.29, 1.82) is 0 Å². The number of rotatable bonds is 4. The van der Waals surface area contributed by atoms with Crippen LogP contribution in [0.4, 0.5) is 0 Å². The minimum Gasteiger partial charge on any atom is -0.313 e. The topological polar surface area (TPSA) is 62.7 Å². The van der Waals surface area contributed by atoms with Gasteiger partial charge in [0.05, 0.1) is 0 Å². The van der Waals surface area contributed by atoms with Crippen LogP contribution in [0.25, 0.3) is 0 Å². The Hall–Kier alpha value is -1.53. The van der Waals surface area contributed by atoms with Gasteiger partial charge in [-0.2, -0.15) is 0 Å². The molecular formula is C12H16N4OS. The Morgan fingerprint density at radius 2 is 2.06 bits per heavy atom. The number of hydrogen-bond acceptors (Lipinski definition) is 4. The molecule has 0 saturated carbocycles. The fraction of sp³-hybridized carbons (Fsp3) is 0.333. The molecule has 5 nitrogen and oxygen atoms in total. The second kappa shape index (κ2) is 5.41. The Kier molecular flexibility index (Phi) is 3.88. The van der Waals surface area contributed by atoms with Crippen LogP contribution in [0, 0.1) is 0 Å². The Labute approximate surface area is 110 Å². The number of aromatic nitrogens is 3. The average Bonchev–Trinajstić information content (AvgIpc) is 2.71. The van der Waals surface area contributed by atoms with Gasteiger partial charge in [0, 0.05) is 18.0 Å². The zero-order valence-electron chi connectivity index (χ0n) is 10.6. The summed E-state index contributed by atoms with van der Waals surface area (Å²) >= 11 is 1.46. The molecule has 2 aromatic rings. The maximum absolute atomic E-state index is 11.2. The Bertz CT molecular complexity index is 573. The SMILES string of the molecule is CNC(C)c1ccc(Sc2n[nH]c(=O)n2C)cc1. The van der Waals surface area contributed by atoms with Gasteiger partial charge in [-0.05, 0) is 43.4 Å². The molecule has 0 aliphatic heterocycles. The van der Waals surface area contributed by atoms with Crippen molar-refractivity contribution in [3.8, 4) is 0 Å². The Balaban J connectivity index is 2.16. The van der Waals surface area contributed by atoms with E-state index in [0.29, 0.717) is 11.2 Å². The Morgan fingerprint density at radius 1 is 1.39 bits per heavy atom. The van der Waals surface area contributed by atoms with Crippen LogP contribution in [-0.2, 0) is 7.05 Å². The van der Waals surface area contributed by atoms with E-state index in [1.54, 1.807) is 7.05 Å². The van der Waals surface area contributed by atoms with Crippen molar-refractivity contribution < 1.29 is 0 Å². The number of nitrogens with zero attached hydrogens (tertiary/aromatic N) is 2. The lowest BCUT2D eigenvalue weighted by atomic mass is 10.1. The molecule has 0 aliphatic rings. The maximum atomic E-state index is 11.2. The quantitative estimate of drug-likeness (QED) is 0.879. The summed E-state index contributed by atoms with van der Waals surface area (Å²) in [4.78, 5) is 12.3. The molecule has 0 radical (unpaired) electrons. The highest BCUT2D eigenvalue weighted by Gasteiger charge is 2.07. The smallest absolute Gasteiger partial charge is 0.313 e. The van der Waals surface area contributed by atoms with E-state index in [9.17, 15) is 4.79 Å². The number of H-pyrrole nitrogens is 1. The molecule has 2 rings (SSSR count). The maximum Gasteiger partial charge on any atom is 0.343 e. The summed E-state index contributed by atoms with van der Waals surface area (Å²) in [5, 5.41) is 10.2. The zero-order valence-corrected chi connectivity index (χ0v) is 11.4.